The van der Waals surface area contributed by atoms with Gasteiger partial charge < -0.3 is 13.9 Å². The third kappa shape index (κ3) is 5.68. The number of nitro benzene ring substituents is 1. The van der Waals surface area contributed by atoms with Crippen molar-refractivity contribution in [1.82, 2.24) is 9.66 Å². The third-order valence-electron chi connectivity index (χ3n) is 6.57. The Balaban J connectivity index is 1.44. The largest absolute Gasteiger partial charge is 0.490 e. The van der Waals surface area contributed by atoms with E-state index in [0.717, 1.165) is 15.6 Å². The van der Waals surface area contributed by atoms with Gasteiger partial charge >= 0.3 is 5.69 Å². The van der Waals surface area contributed by atoms with Gasteiger partial charge in [0.15, 0.2) is 11.5 Å². The average molecular weight is 595 g/mol. The predicted octanol–water partition coefficient (Wildman–Crippen LogP) is 7.23. The molecule has 0 bridgehead atoms. The lowest BCUT2D eigenvalue weighted by Gasteiger charge is -2.13. The Kier molecular flexibility index (Phi) is 7.59. The second-order valence-corrected chi connectivity index (χ2v) is 9.87. The average Bonchev–Trinajstić information content (AvgIpc) is 3.45. The number of hydrogen-bond donors (Lipinski definition) is 0. The van der Waals surface area contributed by atoms with Crippen LogP contribution in [0.2, 0.25) is 5.02 Å². The zero-order valence-electron chi connectivity index (χ0n) is 22.8. The molecule has 11 heteroatoms. The van der Waals surface area contributed by atoms with Gasteiger partial charge in [-0.3, -0.25) is 14.9 Å². The minimum Gasteiger partial charge on any atom is -0.490 e. The minimum absolute atomic E-state index is 0.0218. The van der Waals surface area contributed by atoms with Crippen LogP contribution < -0.4 is 15.0 Å². The zero-order valence-corrected chi connectivity index (χ0v) is 23.5. The number of nitro groups is 1. The molecular weight excluding hydrogens is 572 g/mol. The van der Waals surface area contributed by atoms with Crippen molar-refractivity contribution >= 4 is 45.4 Å². The van der Waals surface area contributed by atoms with Gasteiger partial charge in [-0.1, -0.05) is 54.1 Å². The summed E-state index contributed by atoms with van der Waals surface area (Å²) in [5, 5.41) is 18.3. The number of hydrogen-bond acceptors (Lipinski definition) is 8. The fourth-order valence-electron chi connectivity index (χ4n) is 4.57. The summed E-state index contributed by atoms with van der Waals surface area (Å²) >= 11 is 5.96. The highest BCUT2D eigenvalue weighted by Crippen LogP contribution is 2.39. The van der Waals surface area contributed by atoms with E-state index < -0.39 is 10.5 Å². The van der Waals surface area contributed by atoms with Gasteiger partial charge in [0.1, 0.15) is 12.2 Å². The number of furan rings is 1. The van der Waals surface area contributed by atoms with E-state index in [-0.39, 0.29) is 36.2 Å². The standard InChI is InChI=1S/C32H23ClN4O6/c1-2-41-28-16-21(15-26(37(39)40)30(28)42-19-20-11-13-23(33)14-12-20)18-34-36-31(29-17-22-7-3-6-10-27(22)43-29)35-25-9-5-4-8-24(25)32(36)38/h3-18H,2,19H2,1H3. The molecule has 2 heterocycles. The first-order valence-corrected chi connectivity index (χ1v) is 13.7. The van der Waals surface area contributed by atoms with Crippen molar-refractivity contribution in [2.24, 2.45) is 5.10 Å². The van der Waals surface area contributed by atoms with Crippen LogP contribution in [0.1, 0.15) is 18.1 Å². The molecule has 0 unspecified atom stereocenters. The Labute approximate surface area is 249 Å². The van der Waals surface area contributed by atoms with Crippen molar-refractivity contribution in [3.8, 4) is 23.1 Å². The van der Waals surface area contributed by atoms with Gasteiger partial charge in [-0.2, -0.15) is 9.78 Å². The first kappa shape index (κ1) is 27.7. The maximum Gasteiger partial charge on any atom is 0.315 e. The van der Waals surface area contributed by atoms with E-state index in [4.69, 9.17) is 25.5 Å². The van der Waals surface area contributed by atoms with Gasteiger partial charge in [0.25, 0.3) is 5.56 Å². The Morgan fingerprint density at radius 1 is 1.02 bits per heavy atom. The zero-order chi connectivity index (χ0) is 29.9. The van der Waals surface area contributed by atoms with E-state index in [2.05, 4.69) is 10.1 Å². The molecule has 0 saturated carbocycles. The highest BCUT2D eigenvalue weighted by molar-refractivity contribution is 6.30. The predicted molar refractivity (Wildman–Crippen MR) is 164 cm³/mol. The summed E-state index contributed by atoms with van der Waals surface area (Å²) < 4.78 is 18.7. The van der Waals surface area contributed by atoms with Gasteiger partial charge in [-0.05, 0) is 55.0 Å². The lowest BCUT2D eigenvalue weighted by atomic mass is 10.1. The smallest absolute Gasteiger partial charge is 0.315 e. The molecule has 0 N–H and O–H groups in total. The summed E-state index contributed by atoms with van der Waals surface area (Å²) in [5.74, 6) is 0.659. The molecule has 0 aliphatic heterocycles. The summed E-state index contributed by atoms with van der Waals surface area (Å²) in [6, 6.07) is 26.0. The molecule has 0 spiro atoms. The number of aromatic nitrogens is 2. The van der Waals surface area contributed by atoms with Gasteiger partial charge in [-0.15, -0.1) is 0 Å². The Morgan fingerprint density at radius 3 is 2.56 bits per heavy atom. The molecular formula is C32H23ClN4O6. The normalized spacial score (nSPS) is 11.4. The summed E-state index contributed by atoms with van der Waals surface area (Å²) in [7, 11) is 0. The molecule has 0 aliphatic rings. The first-order chi connectivity index (χ1) is 20.9. The van der Waals surface area contributed by atoms with Crippen LogP contribution in [-0.2, 0) is 6.61 Å². The monoisotopic (exact) mass is 594 g/mol. The SMILES string of the molecule is CCOc1cc(C=Nn2c(-c3cc4ccccc4o3)nc3ccccc3c2=O)cc([N+](=O)[O-])c1OCc1ccc(Cl)cc1. The number of ether oxygens (including phenoxy) is 2. The van der Waals surface area contributed by atoms with Gasteiger partial charge in [-0.25, -0.2) is 4.98 Å². The lowest BCUT2D eigenvalue weighted by Crippen LogP contribution is -2.20. The lowest BCUT2D eigenvalue weighted by molar-refractivity contribution is -0.386. The third-order valence-corrected chi connectivity index (χ3v) is 6.82. The molecule has 0 saturated heterocycles. The second kappa shape index (κ2) is 11.8. The van der Waals surface area contributed by atoms with E-state index in [1.54, 1.807) is 67.6 Å². The molecule has 0 aliphatic carbocycles. The van der Waals surface area contributed by atoms with Crippen LogP contribution in [0, 0.1) is 10.1 Å². The van der Waals surface area contributed by atoms with Gasteiger partial charge in [0.2, 0.25) is 11.6 Å². The van der Waals surface area contributed by atoms with E-state index in [9.17, 15) is 14.9 Å². The molecule has 4 aromatic carbocycles. The molecule has 6 aromatic rings. The number of fused-ring (bicyclic) bond motifs is 2. The van der Waals surface area contributed by atoms with E-state index in [1.807, 2.05) is 24.3 Å². The van der Waals surface area contributed by atoms with Crippen molar-refractivity contribution in [2.45, 2.75) is 13.5 Å². The van der Waals surface area contributed by atoms with Crippen LogP contribution in [0.5, 0.6) is 11.5 Å². The Hall–Kier alpha value is -5.48. The van der Waals surface area contributed by atoms with Crippen LogP contribution in [0.15, 0.2) is 105 Å². The van der Waals surface area contributed by atoms with Gasteiger partial charge in [0.05, 0.1) is 28.6 Å². The maximum absolute atomic E-state index is 13.6. The molecule has 0 fully saturated rings. The van der Waals surface area contributed by atoms with Crippen molar-refractivity contribution in [2.75, 3.05) is 6.61 Å². The molecule has 0 amide bonds. The number of para-hydroxylation sites is 2. The highest BCUT2D eigenvalue weighted by atomic mass is 35.5. The second-order valence-electron chi connectivity index (χ2n) is 9.44. The first-order valence-electron chi connectivity index (χ1n) is 13.3. The minimum atomic E-state index is -0.555. The highest BCUT2D eigenvalue weighted by Gasteiger charge is 2.23. The molecule has 0 radical (unpaired) electrons. The van der Waals surface area contributed by atoms with Crippen molar-refractivity contribution in [1.29, 1.82) is 0 Å². The van der Waals surface area contributed by atoms with E-state index in [0.29, 0.717) is 32.8 Å². The van der Waals surface area contributed by atoms with Crippen LogP contribution in [0.3, 0.4) is 0 Å². The molecule has 43 heavy (non-hydrogen) atoms. The van der Waals surface area contributed by atoms with Crippen LogP contribution in [-0.4, -0.2) is 27.4 Å². The topological polar surface area (TPSA) is 122 Å². The molecule has 10 nitrogen and oxygen atoms in total. The van der Waals surface area contributed by atoms with Crippen LogP contribution in [0.4, 0.5) is 5.69 Å². The number of benzene rings is 4. The molecule has 2 aromatic heterocycles. The van der Waals surface area contributed by atoms with Gasteiger partial charge in [0, 0.05) is 22.0 Å². The Morgan fingerprint density at radius 2 is 1.79 bits per heavy atom. The van der Waals surface area contributed by atoms with E-state index in [1.165, 1.54) is 12.3 Å². The quantitative estimate of drug-likeness (QED) is 0.0982. The van der Waals surface area contributed by atoms with Crippen LogP contribution >= 0.6 is 11.6 Å². The molecule has 6 rings (SSSR count). The fourth-order valence-corrected chi connectivity index (χ4v) is 4.70. The number of halogens is 1. The van der Waals surface area contributed by atoms with Crippen molar-refractivity contribution in [3.05, 3.63) is 128 Å². The maximum atomic E-state index is 13.6. The summed E-state index contributed by atoms with van der Waals surface area (Å²) in [6.07, 6.45) is 1.34. The number of nitrogens with zero attached hydrogens (tertiary/aromatic N) is 4. The Bertz CT molecular complexity index is 2030. The van der Waals surface area contributed by atoms with Crippen molar-refractivity contribution in [3.63, 3.8) is 0 Å². The fraction of sp³-hybridized carbons (Fsp3) is 0.0938. The van der Waals surface area contributed by atoms with Crippen molar-refractivity contribution < 1.29 is 18.8 Å². The summed E-state index contributed by atoms with van der Waals surface area (Å²) in [5.41, 5.74) is 1.44. The summed E-state index contributed by atoms with van der Waals surface area (Å²) in [6.45, 7) is 2.05. The molecule has 0 atom stereocenters. The summed E-state index contributed by atoms with van der Waals surface area (Å²) in [4.78, 5) is 29.8. The van der Waals surface area contributed by atoms with E-state index >= 15 is 0 Å². The van der Waals surface area contributed by atoms with Crippen LogP contribution in [0.25, 0.3) is 33.5 Å². The molecule has 214 valence electrons. The number of rotatable bonds is 9.